The fraction of sp³-hybridized carbons (Fsp3) is 0.615. The van der Waals surface area contributed by atoms with E-state index in [1.165, 1.54) is 11.3 Å². The van der Waals surface area contributed by atoms with Crippen molar-refractivity contribution in [1.82, 2.24) is 4.98 Å². The van der Waals surface area contributed by atoms with Gasteiger partial charge >= 0.3 is 5.97 Å². The molecule has 0 aliphatic carbocycles. The zero-order chi connectivity index (χ0) is 14.6. The van der Waals surface area contributed by atoms with E-state index >= 15 is 0 Å². The van der Waals surface area contributed by atoms with Crippen LogP contribution < -0.4 is 5.32 Å². The average Bonchev–Trinajstić information content (AvgIpc) is 2.61. The van der Waals surface area contributed by atoms with Gasteiger partial charge in [-0.05, 0) is 19.3 Å². The molecule has 1 amide bonds. The number of carbonyl (C=O) groups excluding carboxylic acids is 2. The Balaban J connectivity index is 2.86. The lowest BCUT2D eigenvalue weighted by molar-refractivity contribution is -0.155. The summed E-state index contributed by atoms with van der Waals surface area (Å²) in [7, 11) is 0. The molecule has 19 heavy (non-hydrogen) atoms. The van der Waals surface area contributed by atoms with Gasteiger partial charge in [0.2, 0.25) is 5.91 Å². The summed E-state index contributed by atoms with van der Waals surface area (Å²) in [6.07, 6.45) is 1.68. The second-order valence-corrected chi connectivity index (χ2v) is 6.55. The lowest BCUT2D eigenvalue weighted by Crippen LogP contribution is -2.40. The Kier molecular flexibility index (Phi) is 5.05. The molecule has 1 aromatic heterocycles. The Labute approximate surface area is 117 Å². The fourth-order valence-electron chi connectivity index (χ4n) is 1.67. The van der Waals surface area contributed by atoms with Crippen LogP contribution in [0.2, 0.25) is 0 Å². The summed E-state index contributed by atoms with van der Waals surface area (Å²) in [5, 5.41) is 3.18. The highest BCUT2D eigenvalue weighted by atomic mass is 32.1. The maximum Gasteiger partial charge on any atom is 0.319 e. The minimum Gasteiger partial charge on any atom is -0.465 e. The number of carbonyl (C=O) groups is 2. The Bertz CT molecular complexity index is 463. The number of amides is 1. The number of hydrogen-bond acceptors (Lipinski definition) is 5. The van der Waals surface area contributed by atoms with Crippen LogP contribution in [0, 0.1) is 18.3 Å². The van der Waals surface area contributed by atoms with E-state index in [1.54, 1.807) is 13.1 Å². The highest BCUT2D eigenvalue weighted by molar-refractivity contribution is 7.15. The molecule has 0 bridgehead atoms. The Morgan fingerprint density at radius 3 is 2.53 bits per heavy atom. The first-order valence-corrected chi connectivity index (χ1v) is 6.97. The number of thiazole rings is 1. The maximum atomic E-state index is 12.2. The molecule has 0 aliphatic rings. The smallest absolute Gasteiger partial charge is 0.319 e. The molecule has 1 heterocycles. The van der Waals surface area contributed by atoms with Crippen molar-refractivity contribution in [2.24, 2.45) is 11.3 Å². The predicted octanol–water partition coefficient (Wildman–Crippen LogP) is 2.62. The van der Waals surface area contributed by atoms with E-state index in [2.05, 4.69) is 10.3 Å². The Morgan fingerprint density at radius 2 is 2.11 bits per heavy atom. The molecule has 0 aromatic carbocycles. The Morgan fingerprint density at radius 1 is 1.47 bits per heavy atom. The highest BCUT2D eigenvalue weighted by Crippen LogP contribution is 2.29. The van der Waals surface area contributed by atoms with E-state index < -0.39 is 17.3 Å². The van der Waals surface area contributed by atoms with E-state index in [1.807, 2.05) is 27.7 Å². The molecule has 0 aliphatic heterocycles. The summed E-state index contributed by atoms with van der Waals surface area (Å²) < 4.78 is 4.98. The first kappa shape index (κ1) is 15.6. The third-order valence-corrected chi connectivity index (χ3v) is 3.33. The van der Waals surface area contributed by atoms with Crippen molar-refractivity contribution in [3.05, 3.63) is 11.1 Å². The van der Waals surface area contributed by atoms with Crippen molar-refractivity contribution in [2.45, 2.75) is 34.6 Å². The van der Waals surface area contributed by atoms with Crippen molar-refractivity contribution in [3.8, 4) is 0 Å². The van der Waals surface area contributed by atoms with Crippen LogP contribution in [0.5, 0.6) is 0 Å². The molecule has 1 rings (SSSR count). The normalized spacial score (nSPS) is 12.9. The third kappa shape index (κ3) is 4.31. The van der Waals surface area contributed by atoms with Crippen LogP contribution in [0.3, 0.4) is 0 Å². The molecule has 0 saturated heterocycles. The summed E-state index contributed by atoms with van der Waals surface area (Å²) in [5.41, 5.74) is -0.511. The molecule has 1 unspecified atom stereocenters. The van der Waals surface area contributed by atoms with Crippen LogP contribution >= 0.6 is 11.3 Å². The summed E-state index contributed by atoms with van der Waals surface area (Å²) in [4.78, 5) is 29.2. The van der Waals surface area contributed by atoms with Crippen LogP contribution in [0.1, 0.15) is 32.6 Å². The number of hydrogen-bond donors (Lipinski definition) is 1. The largest absolute Gasteiger partial charge is 0.465 e. The number of esters is 1. The van der Waals surface area contributed by atoms with Crippen LogP contribution in [-0.2, 0) is 14.3 Å². The van der Waals surface area contributed by atoms with Crippen molar-refractivity contribution >= 4 is 28.3 Å². The third-order valence-electron chi connectivity index (χ3n) is 2.50. The van der Waals surface area contributed by atoms with Gasteiger partial charge in [0, 0.05) is 11.1 Å². The van der Waals surface area contributed by atoms with E-state index in [0.29, 0.717) is 5.13 Å². The van der Waals surface area contributed by atoms with Crippen LogP contribution in [-0.4, -0.2) is 23.5 Å². The first-order chi connectivity index (χ1) is 8.75. The summed E-state index contributed by atoms with van der Waals surface area (Å²) in [5.74, 6) is -1.72. The van der Waals surface area contributed by atoms with Gasteiger partial charge < -0.3 is 10.1 Å². The van der Waals surface area contributed by atoms with E-state index in [4.69, 9.17) is 4.74 Å². The Hall–Kier alpha value is -1.43. The minimum atomic E-state index is -0.850. The lowest BCUT2D eigenvalue weighted by atomic mass is 9.80. The van der Waals surface area contributed by atoms with E-state index in [-0.39, 0.29) is 12.5 Å². The average molecular weight is 284 g/mol. The van der Waals surface area contributed by atoms with Gasteiger partial charge in [-0.1, -0.05) is 20.8 Å². The summed E-state index contributed by atoms with van der Waals surface area (Å²) >= 11 is 1.37. The molecule has 0 spiro atoms. The number of rotatable bonds is 4. The molecule has 0 radical (unpaired) electrons. The number of nitrogens with zero attached hydrogens (tertiary/aromatic N) is 1. The second kappa shape index (κ2) is 6.14. The van der Waals surface area contributed by atoms with Gasteiger partial charge in [-0.2, -0.15) is 0 Å². The molecule has 6 heteroatoms. The van der Waals surface area contributed by atoms with E-state index in [0.717, 1.165) is 4.88 Å². The number of aryl methyl sites for hydroxylation is 1. The van der Waals surface area contributed by atoms with Crippen LogP contribution in [0.4, 0.5) is 5.13 Å². The van der Waals surface area contributed by atoms with Crippen molar-refractivity contribution in [1.29, 1.82) is 0 Å². The fourth-order valence-corrected chi connectivity index (χ4v) is 2.34. The van der Waals surface area contributed by atoms with Gasteiger partial charge in [-0.25, -0.2) is 4.98 Å². The zero-order valence-electron chi connectivity index (χ0n) is 11.9. The number of anilines is 1. The predicted molar refractivity (Wildman–Crippen MR) is 75.1 cm³/mol. The monoisotopic (exact) mass is 284 g/mol. The van der Waals surface area contributed by atoms with E-state index in [9.17, 15) is 9.59 Å². The lowest BCUT2D eigenvalue weighted by Gasteiger charge is -2.27. The summed E-state index contributed by atoms with van der Waals surface area (Å²) in [6.45, 7) is 9.39. The molecular formula is C13H20N2O3S. The molecule has 1 N–H and O–H groups in total. The molecule has 106 valence electrons. The molecule has 1 aromatic rings. The van der Waals surface area contributed by atoms with Crippen molar-refractivity contribution in [3.63, 3.8) is 0 Å². The van der Waals surface area contributed by atoms with Crippen LogP contribution in [0.25, 0.3) is 0 Å². The second-order valence-electron chi connectivity index (χ2n) is 5.32. The van der Waals surface area contributed by atoms with Gasteiger partial charge in [0.05, 0.1) is 6.61 Å². The van der Waals surface area contributed by atoms with Gasteiger partial charge in [0.25, 0.3) is 0 Å². The van der Waals surface area contributed by atoms with Gasteiger partial charge in [0.1, 0.15) is 5.92 Å². The molecule has 5 nitrogen and oxygen atoms in total. The highest BCUT2D eigenvalue weighted by Gasteiger charge is 2.39. The van der Waals surface area contributed by atoms with Gasteiger partial charge in [-0.15, -0.1) is 11.3 Å². The first-order valence-electron chi connectivity index (χ1n) is 6.15. The quantitative estimate of drug-likeness (QED) is 0.681. The molecule has 1 atom stereocenters. The van der Waals surface area contributed by atoms with Crippen molar-refractivity contribution < 1.29 is 14.3 Å². The zero-order valence-corrected chi connectivity index (χ0v) is 12.8. The molecule has 0 saturated carbocycles. The SMILES string of the molecule is CCOC(=O)C(C(=O)Nc1ncc(C)s1)C(C)(C)C. The standard InChI is InChI=1S/C13H20N2O3S/c1-6-18-11(17)9(13(3,4)5)10(16)15-12-14-7-8(2)19-12/h7,9H,6H2,1-5H3,(H,14,15,16). The van der Waals surface area contributed by atoms with Crippen LogP contribution in [0.15, 0.2) is 6.20 Å². The van der Waals surface area contributed by atoms with Gasteiger partial charge in [0.15, 0.2) is 5.13 Å². The van der Waals surface area contributed by atoms with Crippen molar-refractivity contribution in [2.75, 3.05) is 11.9 Å². The van der Waals surface area contributed by atoms with Gasteiger partial charge in [-0.3, -0.25) is 9.59 Å². The number of nitrogens with one attached hydrogen (secondary N) is 1. The number of ether oxygens (including phenoxy) is 1. The minimum absolute atomic E-state index is 0.259. The maximum absolute atomic E-state index is 12.2. The molecule has 0 fully saturated rings. The number of aromatic nitrogens is 1. The summed E-state index contributed by atoms with van der Waals surface area (Å²) in [6, 6.07) is 0. The topological polar surface area (TPSA) is 68.3 Å². The molecular weight excluding hydrogens is 264 g/mol.